The molecule has 1 amide bonds. The summed E-state index contributed by atoms with van der Waals surface area (Å²) in [7, 11) is 2.97. The number of fused-ring (bicyclic) bond motifs is 1. The van der Waals surface area contributed by atoms with Gasteiger partial charge in [-0.25, -0.2) is 4.79 Å². The lowest BCUT2D eigenvalue weighted by Crippen LogP contribution is -2.20. The van der Waals surface area contributed by atoms with E-state index in [1.165, 1.54) is 18.8 Å². The van der Waals surface area contributed by atoms with E-state index in [0.29, 0.717) is 33.3 Å². The Balaban J connectivity index is 1.74. The molecule has 8 heteroatoms. The molecule has 0 spiro atoms. The van der Waals surface area contributed by atoms with Crippen molar-refractivity contribution in [3.63, 3.8) is 0 Å². The van der Waals surface area contributed by atoms with Gasteiger partial charge in [-0.05, 0) is 18.2 Å². The highest BCUT2D eigenvalue weighted by atomic mass is 35.5. The third kappa shape index (κ3) is 3.52. The van der Waals surface area contributed by atoms with Crippen molar-refractivity contribution in [2.75, 3.05) is 19.5 Å². The number of rotatable bonds is 6. The number of para-hydroxylation sites is 2. The average Bonchev–Trinajstić information content (AvgIpc) is 2.95. The van der Waals surface area contributed by atoms with Crippen LogP contribution in [0.3, 0.4) is 0 Å². The summed E-state index contributed by atoms with van der Waals surface area (Å²) in [6.07, 6.45) is 0.0796. The monoisotopic (exact) mass is 376 g/mol. The number of nitrogens with one attached hydrogen (secondary N) is 1. The summed E-state index contributed by atoms with van der Waals surface area (Å²) in [6.45, 7) is 0.188. The van der Waals surface area contributed by atoms with Gasteiger partial charge in [-0.15, -0.1) is 0 Å². The highest BCUT2D eigenvalue weighted by Gasteiger charge is 2.14. The van der Waals surface area contributed by atoms with Crippen LogP contribution in [0.2, 0.25) is 5.02 Å². The van der Waals surface area contributed by atoms with Crippen LogP contribution in [0.25, 0.3) is 11.1 Å². The van der Waals surface area contributed by atoms with Crippen molar-refractivity contribution in [2.24, 2.45) is 0 Å². The number of methoxy groups -OCH3 is 2. The Bertz CT molecular complexity index is 1010. The second-order valence-electron chi connectivity index (χ2n) is 5.47. The molecule has 3 rings (SSSR count). The van der Waals surface area contributed by atoms with E-state index in [0.717, 1.165) is 0 Å². The fraction of sp³-hybridized carbons (Fsp3) is 0.222. The van der Waals surface area contributed by atoms with E-state index in [9.17, 15) is 9.59 Å². The van der Waals surface area contributed by atoms with Gasteiger partial charge in [0.05, 0.1) is 30.4 Å². The Kier molecular flexibility index (Phi) is 5.18. The summed E-state index contributed by atoms with van der Waals surface area (Å²) in [5, 5.41) is 3.08. The maximum Gasteiger partial charge on any atom is 0.419 e. The number of oxazole rings is 1. The van der Waals surface area contributed by atoms with Crippen LogP contribution >= 0.6 is 11.6 Å². The first-order valence-electron chi connectivity index (χ1n) is 7.83. The number of carbonyl (C=O) groups excluding carboxylic acids is 1. The van der Waals surface area contributed by atoms with Crippen molar-refractivity contribution >= 4 is 34.3 Å². The van der Waals surface area contributed by atoms with E-state index in [2.05, 4.69) is 5.32 Å². The normalized spacial score (nSPS) is 10.7. The van der Waals surface area contributed by atoms with E-state index in [1.54, 1.807) is 36.4 Å². The van der Waals surface area contributed by atoms with Gasteiger partial charge in [-0.3, -0.25) is 9.36 Å². The molecule has 0 fully saturated rings. The second-order valence-corrected chi connectivity index (χ2v) is 5.88. The van der Waals surface area contributed by atoms with E-state index in [1.807, 2.05) is 0 Å². The number of aryl methyl sites for hydroxylation is 1. The minimum absolute atomic E-state index is 0.0796. The minimum atomic E-state index is -0.496. The molecule has 136 valence electrons. The number of anilines is 1. The number of hydrogen-bond donors (Lipinski definition) is 1. The minimum Gasteiger partial charge on any atom is -0.495 e. The predicted octanol–water partition coefficient (Wildman–Crippen LogP) is 3.29. The molecule has 0 atom stereocenters. The molecule has 1 heterocycles. The number of amides is 1. The first-order chi connectivity index (χ1) is 12.5. The predicted molar refractivity (Wildman–Crippen MR) is 98.3 cm³/mol. The molecule has 0 saturated carbocycles. The van der Waals surface area contributed by atoms with Crippen LogP contribution < -0.4 is 20.5 Å². The number of halogens is 1. The van der Waals surface area contributed by atoms with Gasteiger partial charge >= 0.3 is 5.76 Å². The van der Waals surface area contributed by atoms with E-state index in [4.69, 9.17) is 25.5 Å². The van der Waals surface area contributed by atoms with Gasteiger partial charge in [0.25, 0.3) is 0 Å². The SMILES string of the molecule is COc1cc(OC)c(NC(=O)CCn2c(=O)oc3ccccc32)cc1Cl. The molecule has 0 radical (unpaired) electrons. The highest BCUT2D eigenvalue weighted by Crippen LogP contribution is 2.35. The van der Waals surface area contributed by atoms with Crippen LogP contribution in [0.1, 0.15) is 6.42 Å². The van der Waals surface area contributed by atoms with Gasteiger partial charge in [-0.2, -0.15) is 0 Å². The maximum absolute atomic E-state index is 12.3. The van der Waals surface area contributed by atoms with Crippen molar-refractivity contribution in [1.82, 2.24) is 4.57 Å². The van der Waals surface area contributed by atoms with Crippen LogP contribution in [0.4, 0.5) is 5.69 Å². The van der Waals surface area contributed by atoms with Crippen molar-refractivity contribution in [1.29, 1.82) is 0 Å². The van der Waals surface area contributed by atoms with Crippen LogP contribution in [0.5, 0.6) is 11.5 Å². The molecule has 0 aliphatic rings. The lowest BCUT2D eigenvalue weighted by Gasteiger charge is -2.13. The van der Waals surface area contributed by atoms with E-state index >= 15 is 0 Å². The first-order valence-corrected chi connectivity index (χ1v) is 8.21. The lowest BCUT2D eigenvalue weighted by atomic mass is 10.2. The molecule has 0 aliphatic carbocycles. The molecule has 0 bridgehead atoms. The molecule has 0 unspecified atom stereocenters. The van der Waals surface area contributed by atoms with Gasteiger partial charge in [0.1, 0.15) is 11.5 Å². The summed E-state index contributed by atoms with van der Waals surface area (Å²) in [4.78, 5) is 24.2. The first kappa shape index (κ1) is 17.9. The molecular weight excluding hydrogens is 360 g/mol. The molecule has 0 saturated heterocycles. The third-order valence-electron chi connectivity index (χ3n) is 3.88. The van der Waals surface area contributed by atoms with Crippen molar-refractivity contribution in [2.45, 2.75) is 13.0 Å². The number of carbonyl (C=O) groups is 1. The largest absolute Gasteiger partial charge is 0.495 e. The number of nitrogens with zero attached hydrogens (tertiary/aromatic N) is 1. The van der Waals surface area contributed by atoms with Crippen LogP contribution in [-0.4, -0.2) is 24.7 Å². The fourth-order valence-corrected chi connectivity index (χ4v) is 2.85. The van der Waals surface area contributed by atoms with Gasteiger partial charge in [0.2, 0.25) is 5.91 Å². The van der Waals surface area contributed by atoms with E-state index in [-0.39, 0.29) is 18.9 Å². The molecule has 1 N–H and O–H groups in total. The Hall–Kier alpha value is -2.93. The van der Waals surface area contributed by atoms with Crippen LogP contribution in [0.15, 0.2) is 45.6 Å². The molecule has 2 aromatic carbocycles. The Morgan fingerprint density at radius 2 is 1.92 bits per heavy atom. The van der Waals surface area contributed by atoms with E-state index < -0.39 is 5.76 Å². The van der Waals surface area contributed by atoms with Gasteiger partial charge in [0.15, 0.2) is 5.58 Å². The van der Waals surface area contributed by atoms with Crippen molar-refractivity contribution in [3.8, 4) is 11.5 Å². The maximum atomic E-state index is 12.3. The average molecular weight is 377 g/mol. The highest BCUT2D eigenvalue weighted by molar-refractivity contribution is 6.32. The molecule has 3 aromatic rings. The van der Waals surface area contributed by atoms with Crippen LogP contribution in [-0.2, 0) is 11.3 Å². The number of aromatic nitrogens is 1. The van der Waals surface area contributed by atoms with Crippen LogP contribution in [0, 0.1) is 0 Å². The van der Waals surface area contributed by atoms with Gasteiger partial charge in [0, 0.05) is 19.0 Å². The summed E-state index contributed by atoms with van der Waals surface area (Å²) in [5.74, 6) is 0.0780. The summed E-state index contributed by atoms with van der Waals surface area (Å²) >= 11 is 6.10. The summed E-state index contributed by atoms with van der Waals surface area (Å²) < 4.78 is 16.9. The quantitative estimate of drug-likeness (QED) is 0.713. The second kappa shape index (κ2) is 7.53. The lowest BCUT2D eigenvalue weighted by molar-refractivity contribution is -0.116. The molecule has 7 nitrogen and oxygen atoms in total. The third-order valence-corrected chi connectivity index (χ3v) is 4.18. The topological polar surface area (TPSA) is 82.7 Å². The number of benzene rings is 2. The molecule has 26 heavy (non-hydrogen) atoms. The van der Waals surface area contributed by atoms with Crippen molar-refractivity contribution < 1.29 is 18.7 Å². The summed E-state index contributed by atoms with van der Waals surface area (Å²) in [6, 6.07) is 10.2. The number of ether oxygens (including phenoxy) is 2. The fourth-order valence-electron chi connectivity index (χ4n) is 2.61. The number of hydrogen-bond acceptors (Lipinski definition) is 5. The Morgan fingerprint density at radius 3 is 2.65 bits per heavy atom. The zero-order chi connectivity index (χ0) is 18.7. The molecular formula is C18H17ClN2O5. The van der Waals surface area contributed by atoms with Gasteiger partial charge in [-0.1, -0.05) is 23.7 Å². The Morgan fingerprint density at radius 1 is 1.19 bits per heavy atom. The summed E-state index contributed by atoms with van der Waals surface area (Å²) in [5.41, 5.74) is 1.56. The molecule has 0 aliphatic heterocycles. The van der Waals surface area contributed by atoms with Crippen molar-refractivity contribution in [3.05, 3.63) is 52.0 Å². The zero-order valence-corrected chi connectivity index (χ0v) is 15.0. The Labute approximate surface area is 154 Å². The molecule has 1 aromatic heterocycles. The standard InChI is InChI=1S/C18H17ClN2O5/c1-24-15-10-16(25-2)12(9-11(15)19)20-17(22)7-8-21-13-5-3-4-6-14(13)26-18(21)23/h3-6,9-10H,7-8H2,1-2H3,(H,20,22). The smallest absolute Gasteiger partial charge is 0.419 e. The van der Waals surface area contributed by atoms with Gasteiger partial charge < -0.3 is 19.2 Å². The zero-order valence-electron chi connectivity index (χ0n) is 14.2.